The first-order valence-corrected chi connectivity index (χ1v) is 9.25. The molecule has 122 valence electrons. The van der Waals surface area contributed by atoms with Crippen LogP contribution in [0, 0.1) is 5.82 Å². The van der Waals surface area contributed by atoms with Crippen molar-refractivity contribution in [3.63, 3.8) is 0 Å². The van der Waals surface area contributed by atoms with Gasteiger partial charge >= 0.3 is 0 Å². The Hall–Kier alpha value is -1.47. The Morgan fingerprint density at radius 2 is 2.18 bits per heavy atom. The largest absolute Gasteiger partial charge is 0.336 e. The zero-order chi connectivity index (χ0) is 16.2. The van der Waals surface area contributed by atoms with Gasteiger partial charge in [-0.25, -0.2) is 17.5 Å². The maximum atomic E-state index is 13.4. The summed E-state index contributed by atoms with van der Waals surface area (Å²) in [7, 11) is -3.29. The van der Waals surface area contributed by atoms with Gasteiger partial charge in [0.25, 0.3) is 0 Å². The fraction of sp³-hybridized carbons (Fsp3) is 0.533. The van der Waals surface area contributed by atoms with Gasteiger partial charge in [-0.05, 0) is 37.0 Å². The predicted octanol–water partition coefficient (Wildman–Crippen LogP) is 1.82. The highest BCUT2D eigenvalue weighted by atomic mass is 32.2. The lowest BCUT2D eigenvalue weighted by Crippen LogP contribution is -2.40. The number of carbonyl (C=O) groups is 1. The zero-order valence-electron chi connectivity index (χ0n) is 12.6. The first-order valence-electron chi connectivity index (χ1n) is 7.36. The molecule has 0 aliphatic carbocycles. The van der Waals surface area contributed by atoms with Crippen LogP contribution in [0.15, 0.2) is 24.3 Å². The van der Waals surface area contributed by atoms with Crippen LogP contribution in [-0.2, 0) is 14.8 Å². The van der Waals surface area contributed by atoms with Gasteiger partial charge in [0.15, 0.2) is 0 Å². The second-order valence-electron chi connectivity index (χ2n) is 5.57. The molecule has 1 heterocycles. The van der Waals surface area contributed by atoms with Crippen LogP contribution < -0.4 is 4.72 Å². The van der Waals surface area contributed by atoms with Gasteiger partial charge in [0, 0.05) is 19.5 Å². The second-order valence-corrected chi connectivity index (χ2v) is 7.40. The predicted molar refractivity (Wildman–Crippen MR) is 82.2 cm³/mol. The molecule has 22 heavy (non-hydrogen) atoms. The van der Waals surface area contributed by atoms with Crippen LogP contribution in [-0.4, -0.2) is 38.6 Å². The molecular formula is C15H21FN2O3S. The summed E-state index contributed by atoms with van der Waals surface area (Å²) in [4.78, 5) is 14.1. The van der Waals surface area contributed by atoms with E-state index in [4.69, 9.17) is 0 Å². The normalized spacial score (nSPS) is 19.2. The molecule has 0 aromatic heterocycles. The van der Waals surface area contributed by atoms with Crippen LogP contribution in [0.25, 0.3) is 0 Å². The number of rotatable bonds is 5. The number of benzene rings is 1. The summed E-state index contributed by atoms with van der Waals surface area (Å²) < 4.78 is 37.8. The second kappa shape index (κ2) is 7.19. The molecule has 0 radical (unpaired) electrons. The average molecular weight is 328 g/mol. The van der Waals surface area contributed by atoms with Gasteiger partial charge in [0.1, 0.15) is 5.82 Å². The Balaban J connectivity index is 2.04. The van der Waals surface area contributed by atoms with Crippen molar-refractivity contribution in [2.24, 2.45) is 0 Å². The third-order valence-corrected chi connectivity index (χ3v) is 4.49. The highest BCUT2D eigenvalue weighted by molar-refractivity contribution is 7.88. The van der Waals surface area contributed by atoms with E-state index in [-0.39, 0.29) is 30.7 Å². The van der Waals surface area contributed by atoms with Crippen LogP contribution in [0.5, 0.6) is 0 Å². The first-order chi connectivity index (χ1) is 10.4. The van der Waals surface area contributed by atoms with Crippen molar-refractivity contribution in [2.45, 2.75) is 31.7 Å². The van der Waals surface area contributed by atoms with E-state index in [1.54, 1.807) is 11.0 Å². The fourth-order valence-electron chi connectivity index (χ4n) is 2.78. The lowest BCUT2D eigenvalue weighted by molar-refractivity contribution is -0.134. The van der Waals surface area contributed by atoms with Gasteiger partial charge in [-0.3, -0.25) is 4.79 Å². The van der Waals surface area contributed by atoms with Crippen LogP contribution in [0.1, 0.15) is 37.3 Å². The van der Waals surface area contributed by atoms with Crippen LogP contribution in [0.4, 0.5) is 4.39 Å². The Labute approximate surface area is 130 Å². The van der Waals surface area contributed by atoms with Crippen molar-refractivity contribution >= 4 is 15.9 Å². The van der Waals surface area contributed by atoms with E-state index in [0.29, 0.717) is 6.54 Å². The molecule has 7 heteroatoms. The van der Waals surface area contributed by atoms with Gasteiger partial charge in [-0.15, -0.1) is 0 Å². The maximum absolute atomic E-state index is 13.4. The van der Waals surface area contributed by atoms with E-state index >= 15 is 0 Å². The molecule has 1 fully saturated rings. The van der Waals surface area contributed by atoms with Gasteiger partial charge < -0.3 is 4.90 Å². The number of hydrogen-bond acceptors (Lipinski definition) is 3. The third-order valence-electron chi connectivity index (χ3n) is 3.76. The van der Waals surface area contributed by atoms with Crippen molar-refractivity contribution in [3.8, 4) is 0 Å². The lowest BCUT2D eigenvalue weighted by Gasteiger charge is -2.36. The molecule has 0 spiro atoms. The first kappa shape index (κ1) is 16.9. The van der Waals surface area contributed by atoms with E-state index in [1.165, 1.54) is 12.1 Å². The molecule has 1 N–H and O–H groups in total. The average Bonchev–Trinajstić information content (AvgIpc) is 2.46. The molecule has 1 aliphatic rings. The Bertz CT molecular complexity index is 633. The summed E-state index contributed by atoms with van der Waals surface area (Å²) in [6, 6.07) is 6.19. The molecule has 0 saturated carbocycles. The number of likely N-dealkylation sites (tertiary alicyclic amines) is 1. The minimum atomic E-state index is -3.29. The molecule has 1 aromatic carbocycles. The third kappa shape index (κ3) is 4.78. The number of halogens is 1. The minimum Gasteiger partial charge on any atom is -0.336 e. The molecule has 1 saturated heterocycles. The Morgan fingerprint density at radius 3 is 2.86 bits per heavy atom. The van der Waals surface area contributed by atoms with Crippen molar-refractivity contribution in [3.05, 3.63) is 35.6 Å². The van der Waals surface area contributed by atoms with Gasteiger partial charge in [-0.1, -0.05) is 12.1 Å². The van der Waals surface area contributed by atoms with Crippen molar-refractivity contribution < 1.29 is 17.6 Å². The van der Waals surface area contributed by atoms with E-state index in [2.05, 4.69) is 4.72 Å². The topological polar surface area (TPSA) is 66.5 Å². The van der Waals surface area contributed by atoms with E-state index in [0.717, 1.165) is 31.1 Å². The highest BCUT2D eigenvalue weighted by Crippen LogP contribution is 2.31. The Kier molecular flexibility index (Phi) is 5.52. The van der Waals surface area contributed by atoms with Gasteiger partial charge in [-0.2, -0.15) is 0 Å². The number of carbonyl (C=O) groups excluding carboxylic acids is 1. The number of amides is 1. The van der Waals surface area contributed by atoms with Crippen molar-refractivity contribution in [1.29, 1.82) is 0 Å². The molecule has 0 unspecified atom stereocenters. The summed E-state index contributed by atoms with van der Waals surface area (Å²) in [6.45, 7) is 0.711. The maximum Gasteiger partial charge on any atom is 0.224 e. The summed E-state index contributed by atoms with van der Waals surface area (Å²) in [5, 5.41) is 0. The highest BCUT2D eigenvalue weighted by Gasteiger charge is 2.27. The quantitative estimate of drug-likeness (QED) is 0.896. The summed E-state index contributed by atoms with van der Waals surface area (Å²) in [5.74, 6) is -0.417. The van der Waals surface area contributed by atoms with Gasteiger partial charge in [0.05, 0.1) is 12.3 Å². The fourth-order valence-corrected chi connectivity index (χ4v) is 3.25. The Morgan fingerprint density at radius 1 is 1.41 bits per heavy atom. The lowest BCUT2D eigenvalue weighted by atomic mass is 9.95. The molecule has 1 aliphatic heterocycles. The van der Waals surface area contributed by atoms with Crippen LogP contribution in [0.2, 0.25) is 0 Å². The molecule has 1 aromatic rings. The smallest absolute Gasteiger partial charge is 0.224 e. The number of sulfonamides is 1. The standard InChI is InChI=1S/C15H21FN2O3S/c1-22(20,21)17-9-8-15(19)18-10-3-2-7-14(18)12-5-4-6-13(16)11-12/h4-6,11,14,17H,2-3,7-10H2,1H3/t14-/m1/s1. The molecule has 5 nitrogen and oxygen atoms in total. The van der Waals surface area contributed by atoms with E-state index < -0.39 is 10.0 Å². The van der Waals surface area contributed by atoms with Crippen LogP contribution >= 0.6 is 0 Å². The van der Waals surface area contributed by atoms with Crippen molar-refractivity contribution in [1.82, 2.24) is 9.62 Å². The molecule has 2 rings (SSSR count). The molecule has 1 amide bonds. The monoisotopic (exact) mass is 328 g/mol. The number of piperidine rings is 1. The molecule has 1 atom stereocenters. The molecule has 0 bridgehead atoms. The minimum absolute atomic E-state index is 0.0873. The van der Waals surface area contributed by atoms with Gasteiger partial charge in [0.2, 0.25) is 15.9 Å². The summed E-state index contributed by atoms with van der Waals surface area (Å²) in [5.41, 5.74) is 0.795. The van der Waals surface area contributed by atoms with Crippen LogP contribution in [0.3, 0.4) is 0 Å². The summed E-state index contributed by atoms with van der Waals surface area (Å²) in [6.07, 6.45) is 3.88. The van der Waals surface area contributed by atoms with E-state index in [9.17, 15) is 17.6 Å². The SMILES string of the molecule is CS(=O)(=O)NCCC(=O)N1CCCC[C@@H]1c1cccc(F)c1. The number of hydrogen-bond donors (Lipinski definition) is 1. The summed E-state index contributed by atoms with van der Waals surface area (Å²) >= 11 is 0. The van der Waals surface area contributed by atoms with E-state index in [1.807, 2.05) is 6.07 Å². The van der Waals surface area contributed by atoms with Crippen molar-refractivity contribution in [2.75, 3.05) is 19.3 Å². The zero-order valence-corrected chi connectivity index (χ0v) is 13.4. The number of nitrogens with zero attached hydrogens (tertiary/aromatic N) is 1. The molecular weight excluding hydrogens is 307 g/mol. The number of nitrogens with one attached hydrogen (secondary N) is 1.